The molecule has 0 spiro atoms. The average molecular weight is 65.1 g/mol. The van der Waals surface area contributed by atoms with Gasteiger partial charge in [0.1, 0.15) is 0 Å². The van der Waals surface area contributed by atoms with Crippen molar-refractivity contribution in [1.29, 1.82) is 0 Å². The van der Waals surface area contributed by atoms with Gasteiger partial charge in [-0.2, -0.15) is 0 Å². The molecule has 5 heavy (non-hydrogen) atoms. The lowest BCUT2D eigenvalue weighted by Gasteiger charge is -1.65. The van der Waals surface area contributed by atoms with E-state index in [1.54, 1.807) is 0 Å². The molecule has 0 atom stereocenters. The fourth-order valence-electron chi connectivity index (χ4n) is 0.0417. The zero-order valence-corrected chi connectivity index (χ0v) is 2.65. The highest BCUT2D eigenvalue weighted by atomic mass is 14.8. The SMILES string of the molecule is C#CNC#C. The Morgan fingerprint density at radius 2 is 1.60 bits per heavy atom. The van der Waals surface area contributed by atoms with Crippen molar-refractivity contribution >= 4 is 0 Å². The van der Waals surface area contributed by atoms with Crippen molar-refractivity contribution in [2.24, 2.45) is 0 Å². The summed E-state index contributed by atoms with van der Waals surface area (Å²) in [4.78, 5) is 0. The Bertz CT molecular complexity index is 68.8. The summed E-state index contributed by atoms with van der Waals surface area (Å²) in [6.07, 6.45) is 9.27. The van der Waals surface area contributed by atoms with Gasteiger partial charge in [-0.15, -0.1) is 0 Å². The van der Waals surface area contributed by atoms with Gasteiger partial charge in [0.2, 0.25) is 0 Å². The number of hydrogen-bond acceptors (Lipinski definition) is 1. The van der Waals surface area contributed by atoms with Gasteiger partial charge in [-0.1, -0.05) is 12.8 Å². The lowest BCUT2D eigenvalue weighted by atomic mass is 11.0. The van der Waals surface area contributed by atoms with Gasteiger partial charge in [-0.05, 0) is 0 Å². The van der Waals surface area contributed by atoms with Crippen LogP contribution in [0, 0.1) is 24.9 Å². The summed E-state index contributed by atoms with van der Waals surface area (Å²) in [5, 5.41) is 2.17. The van der Waals surface area contributed by atoms with Crippen molar-refractivity contribution in [3.05, 3.63) is 0 Å². The topological polar surface area (TPSA) is 12.0 Å². The highest BCUT2D eigenvalue weighted by Crippen LogP contribution is 1.27. The molecule has 1 N–H and O–H groups in total. The summed E-state index contributed by atoms with van der Waals surface area (Å²) in [6, 6.07) is 4.06. The summed E-state index contributed by atoms with van der Waals surface area (Å²) in [5.41, 5.74) is 0. The molecule has 24 valence electrons. The molecule has 0 radical (unpaired) electrons. The van der Waals surface area contributed by atoms with E-state index in [1.165, 1.54) is 0 Å². The first-order valence-electron chi connectivity index (χ1n) is 1.08. The van der Waals surface area contributed by atoms with E-state index in [0.29, 0.717) is 0 Å². The van der Waals surface area contributed by atoms with Crippen molar-refractivity contribution in [2.75, 3.05) is 0 Å². The molecule has 0 rings (SSSR count). The van der Waals surface area contributed by atoms with Crippen LogP contribution in [0.5, 0.6) is 0 Å². The number of hydrogen-bond donors (Lipinski definition) is 1. The van der Waals surface area contributed by atoms with Gasteiger partial charge >= 0.3 is 0 Å². The van der Waals surface area contributed by atoms with Crippen molar-refractivity contribution < 1.29 is 0 Å². The maximum Gasteiger partial charge on any atom is 0.0136 e. The third kappa shape index (κ3) is 2.92. The first-order chi connectivity index (χ1) is 2.41. The highest BCUT2D eigenvalue weighted by Gasteiger charge is 1.42. The average Bonchev–Trinajstić information content (AvgIpc) is 1.41. The molecular formula is C4H3N. The normalized spacial score (nSPS) is 3.60. The molecule has 0 aliphatic carbocycles. The van der Waals surface area contributed by atoms with E-state index >= 15 is 0 Å². The van der Waals surface area contributed by atoms with Crippen LogP contribution in [-0.2, 0) is 0 Å². The van der Waals surface area contributed by atoms with Crippen molar-refractivity contribution in [1.82, 2.24) is 5.32 Å². The van der Waals surface area contributed by atoms with Crippen LogP contribution in [-0.4, -0.2) is 0 Å². The molecular weight excluding hydrogens is 62.1 g/mol. The Labute approximate surface area is 31.4 Å². The predicted molar refractivity (Wildman–Crippen MR) is 20.8 cm³/mol. The van der Waals surface area contributed by atoms with Gasteiger partial charge in [0.05, 0.1) is 0 Å². The second-order valence-corrected chi connectivity index (χ2v) is 0.414. The number of rotatable bonds is 0. The van der Waals surface area contributed by atoms with Gasteiger partial charge in [0.15, 0.2) is 0 Å². The quantitative estimate of drug-likeness (QED) is 0.303. The first-order valence-corrected chi connectivity index (χ1v) is 1.08. The van der Waals surface area contributed by atoms with Crippen molar-refractivity contribution in [2.45, 2.75) is 0 Å². The second-order valence-electron chi connectivity index (χ2n) is 0.414. The standard InChI is InChI=1S/C4H3N/c1-3-5-4-2/h1-2,5H. The number of nitrogens with one attached hydrogen (secondary N) is 1. The van der Waals surface area contributed by atoms with Crippen molar-refractivity contribution in [3.8, 4) is 24.9 Å². The minimum Gasteiger partial charge on any atom is -0.274 e. The fourth-order valence-corrected chi connectivity index (χ4v) is 0.0417. The van der Waals surface area contributed by atoms with Gasteiger partial charge in [-0.25, -0.2) is 0 Å². The Balaban J connectivity index is 2.86. The Morgan fingerprint density at radius 1 is 1.20 bits per heavy atom. The molecule has 0 aromatic carbocycles. The van der Waals surface area contributed by atoms with Gasteiger partial charge < -0.3 is 0 Å². The summed E-state index contributed by atoms with van der Waals surface area (Å²) in [7, 11) is 0. The van der Waals surface area contributed by atoms with E-state index in [0.717, 1.165) is 0 Å². The fraction of sp³-hybridized carbons (Fsp3) is 0. The third-order valence-corrected chi connectivity index (χ3v) is 0.144. The maximum absolute atomic E-state index is 4.64. The minimum atomic E-state index is 2.03. The molecule has 0 fully saturated rings. The van der Waals surface area contributed by atoms with Crippen LogP contribution in [0.15, 0.2) is 0 Å². The van der Waals surface area contributed by atoms with E-state index in [-0.39, 0.29) is 0 Å². The molecule has 0 amide bonds. The van der Waals surface area contributed by atoms with Crippen LogP contribution in [0.4, 0.5) is 0 Å². The molecule has 0 aliphatic heterocycles. The molecule has 0 heterocycles. The van der Waals surface area contributed by atoms with E-state index in [2.05, 4.69) is 18.2 Å². The zero-order valence-electron chi connectivity index (χ0n) is 2.65. The lowest BCUT2D eigenvalue weighted by molar-refractivity contribution is 1.34. The van der Waals surface area contributed by atoms with Gasteiger partial charge in [0.25, 0.3) is 0 Å². The summed E-state index contributed by atoms with van der Waals surface area (Å²) in [5.74, 6) is 0. The molecule has 0 saturated carbocycles. The Kier molecular flexibility index (Phi) is 2.29. The first kappa shape index (κ1) is 3.92. The summed E-state index contributed by atoms with van der Waals surface area (Å²) >= 11 is 0. The molecule has 1 heteroatoms. The summed E-state index contributed by atoms with van der Waals surface area (Å²) in [6.45, 7) is 0. The lowest BCUT2D eigenvalue weighted by Crippen LogP contribution is -1.88. The molecule has 1 nitrogen and oxygen atoms in total. The van der Waals surface area contributed by atoms with Crippen LogP contribution in [0.2, 0.25) is 0 Å². The second kappa shape index (κ2) is 2.92. The highest BCUT2D eigenvalue weighted by molar-refractivity contribution is 4.93. The predicted octanol–water partition coefficient (Wildman–Crippen LogP) is -0.243. The van der Waals surface area contributed by atoms with E-state index in [9.17, 15) is 0 Å². The molecule has 0 bridgehead atoms. The molecule has 0 unspecified atom stereocenters. The van der Waals surface area contributed by atoms with Gasteiger partial charge in [-0.3, -0.25) is 5.32 Å². The molecule has 0 aromatic rings. The number of terminal acetylenes is 2. The zero-order chi connectivity index (χ0) is 4.12. The van der Waals surface area contributed by atoms with Crippen LogP contribution < -0.4 is 5.32 Å². The third-order valence-electron chi connectivity index (χ3n) is 0.144. The van der Waals surface area contributed by atoms with Gasteiger partial charge in [0, 0.05) is 12.1 Å². The molecule has 0 aliphatic rings. The van der Waals surface area contributed by atoms with E-state index < -0.39 is 0 Å². The molecule has 0 saturated heterocycles. The van der Waals surface area contributed by atoms with Crippen LogP contribution in [0.1, 0.15) is 0 Å². The van der Waals surface area contributed by atoms with Crippen LogP contribution in [0.3, 0.4) is 0 Å². The maximum atomic E-state index is 4.64. The van der Waals surface area contributed by atoms with Crippen molar-refractivity contribution in [3.63, 3.8) is 0 Å². The van der Waals surface area contributed by atoms with Crippen LogP contribution in [0.25, 0.3) is 0 Å². The monoisotopic (exact) mass is 65.0 g/mol. The largest absolute Gasteiger partial charge is 0.274 e. The summed E-state index contributed by atoms with van der Waals surface area (Å²) < 4.78 is 0. The molecule has 0 aromatic heterocycles. The van der Waals surface area contributed by atoms with Crippen LogP contribution >= 0.6 is 0 Å². The Hall–Kier alpha value is -1.08. The minimum absolute atomic E-state index is 2.03. The van der Waals surface area contributed by atoms with E-state index in [1.807, 2.05) is 12.1 Å². The smallest absolute Gasteiger partial charge is 0.0136 e. The Morgan fingerprint density at radius 3 is 1.60 bits per heavy atom. The van der Waals surface area contributed by atoms with E-state index in [4.69, 9.17) is 0 Å².